The number of nitrogens with one attached hydrogen (secondary N) is 1. The molecular weight excluding hydrogens is 256 g/mol. The van der Waals surface area contributed by atoms with Gasteiger partial charge in [-0.2, -0.15) is 0 Å². The Hall–Kier alpha value is -1.75. The average molecular weight is 278 g/mol. The molecule has 0 spiro atoms. The second-order valence-corrected chi connectivity index (χ2v) is 5.27. The lowest BCUT2D eigenvalue weighted by Crippen LogP contribution is -2.43. The van der Waals surface area contributed by atoms with Crippen LogP contribution in [0.5, 0.6) is 5.75 Å². The molecule has 5 nitrogen and oxygen atoms in total. The zero-order chi connectivity index (χ0) is 14.5. The molecule has 0 radical (unpaired) electrons. The number of hydrogen-bond acceptors (Lipinski definition) is 4. The van der Waals surface area contributed by atoms with E-state index in [4.69, 9.17) is 10.5 Å². The van der Waals surface area contributed by atoms with Crippen LogP contribution in [-0.2, 0) is 0 Å². The zero-order valence-corrected chi connectivity index (χ0v) is 11.8. The average Bonchev–Trinajstić information content (AvgIpc) is 2.47. The number of nitrogen functional groups attached to an aromatic ring is 1. The lowest BCUT2D eigenvalue weighted by Gasteiger charge is -2.31. The van der Waals surface area contributed by atoms with E-state index in [2.05, 4.69) is 5.32 Å². The number of benzene rings is 1. The number of nitrogens with two attached hydrogens (primary N) is 1. The molecule has 2 rings (SSSR count). The van der Waals surface area contributed by atoms with Crippen molar-refractivity contribution in [2.24, 2.45) is 5.92 Å². The van der Waals surface area contributed by atoms with Crippen LogP contribution in [0, 0.1) is 5.92 Å². The summed E-state index contributed by atoms with van der Waals surface area (Å²) in [7, 11) is 1.52. The number of rotatable bonds is 4. The van der Waals surface area contributed by atoms with Gasteiger partial charge in [0.05, 0.1) is 12.7 Å². The minimum Gasteiger partial charge on any atom is -0.496 e. The highest BCUT2D eigenvalue weighted by atomic mass is 16.5. The van der Waals surface area contributed by atoms with Crippen LogP contribution in [0.3, 0.4) is 0 Å². The SMILES string of the molecule is COc1cc(N)ccc1C(=O)NC1CCCCC1CO. The second kappa shape index (κ2) is 6.61. The first-order valence-corrected chi connectivity index (χ1v) is 7.01. The van der Waals surface area contributed by atoms with E-state index in [1.807, 2.05) is 0 Å². The summed E-state index contributed by atoms with van der Waals surface area (Å²) in [6, 6.07) is 5.02. The molecule has 2 atom stereocenters. The molecule has 2 unspecified atom stereocenters. The van der Waals surface area contributed by atoms with E-state index < -0.39 is 0 Å². The van der Waals surface area contributed by atoms with Gasteiger partial charge in [0, 0.05) is 30.3 Å². The third-order valence-electron chi connectivity index (χ3n) is 3.93. The number of ether oxygens (including phenoxy) is 1. The first kappa shape index (κ1) is 14.7. The van der Waals surface area contributed by atoms with Crippen molar-refractivity contribution in [3.8, 4) is 5.75 Å². The van der Waals surface area contributed by atoms with Crippen molar-refractivity contribution in [3.63, 3.8) is 0 Å². The van der Waals surface area contributed by atoms with Crippen LogP contribution in [0.1, 0.15) is 36.0 Å². The van der Waals surface area contributed by atoms with Crippen LogP contribution < -0.4 is 15.8 Å². The number of anilines is 1. The third-order valence-corrected chi connectivity index (χ3v) is 3.93. The lowest BCUT2D eigenvalue weighted by atomic mass is 9.85. The summed E-state index contributed by atoms with van der Waals surface area (Å²) in [5, 5.41) is 12.4. The van der Waals surface area contributed by atoms with E-state index >= 15 is 0 Å². The molecule has 110 valence electrons. The molecule has 0 bridgehead atoms. The Morgan fingerprint density at radius 2 is 2.20 bits per heavy atom. The van der Waals surface area contributed by atoms with Gasteiger partial charge in [-0.3, -0.25) is 4.79 Å². The van der Waals surface area contributed by atoms with E-state index in [1.165, 1.54) is 7.11 Å². The standard InChI is InChI=1S/C15H22N2O3/c1-20-14-8-11(16)6-7-12(14)15(19)17-13-5-3-2-4-10(13)9-18/h6-8,10,13,18H,2-5,9,16H2,1H3,(H,17,19). The molecule has 0 aromatic heterocycles. The Morgan fingerprint density at radius 1 is 1.45 bits per heavy atom. The number of methoxy groups -OCH3 is 1. The van der Waals surface area contributed by atoms with Gasteiger partial charge in [-0.15, -0.1) is 0 Å². The molecule has 4 N–H and O–H groups in total. The molecule has 1 aliphatic carbocycles. The third kappa shape index (κ3) is 3.22. The molecule has 0 saturated heterocycles. The van der Waals surface area contributed by atoms with Crippen molar-refractivity contribution < 1.29 is 14.6 Å². The largest absolute Gasteiger partial charge is 0.496 e. The van der Waals surface area contributed by atoms with E-state index in [9.17, 15) is 9.90 Å². The van der Waals surface area contributed by atoms with Crippen LogP contribution in [0.4, 0.5) is 5.69 Å². The minimum absolute atomic E-state index is 0.0310. The fourth-order valence-electron chi connectivity index (χ4n) is 2.76. The van der Waals surface area contributed by atoms with Crippen molar-refractivity contribution >= 4 is 11.6 Å². The predicted octanol–water partition coefficient (Wildman–Crippen LogP) is 1.56. The predicted molar refractivity (Wildman–Crippen MR) is 77.7 cm³/mol. The first-order chi connectivity index (χ1) is 9.65. The fraction of sp³-hybridized carbons (Fsp3) is 0.533. The van der Waals surface area contributed by atoms with Gasteiger partial charge in [0.2, 0.25) is 0 Å². The maximum absolute atomic E-state index is 12.4. The molecule has 1 amide bonds. The van der Waals surface area contributed by atoms with Crippen molar-refractivity contribution in [3.05, 3.63) is 23.8 Å². The molecule has 1 aromatic rings. The van der Waals surface area contributed by atoms with Crippen LogP contribution in [0.25, 0.3) is 0 Å². The lowest BCUT2D eigenvalue weighted by molar-refractivity contribution is 0.0870. The van der Waals surface area contributed by atoms with Gasteiger partial charge < -0.3 is 20.9 Å². The summed E-state index contributed by atoms with van der Waals surface area (Å²) in [6.45, 7) is 0.115. The smallest absolute Gasteiger partial charge is 0.255 e. The van der Waals surface area contributed by atoms with E-state index in [-0.39, 0.29) is 24.5 Å². The topological polar surface area (TPSA) is 84.6 Å². The summed E-state index contributed by atoms with van der Waals surface area (Å²) in [6.07, 6.45) is 4.07. The molecule has 5 heteroatoms. The van der Waals surface area contributed by atoms with Crippen molar-refractivity contribution in [1.29, 1.82) is 0 Å². The molecule has 1 aromatic carbocycles. The quantitative estimate of drug-likeness (QED) is 0.730. The summed E-state index contributed by atoms with van der Waals surface area (Å²) in [5.74, 6) is 0.443. The monoisotopic (exact) mass is 278 g/mol. The Morgan fingerprint density at radius 3 is 2.90 bits per heavy atom. The molecule has 0 heterocycles. The summed E-state index contributed by atoms with van der Waals surface area (Å²) in [5.41, 5.74) is 6.72. The van der Waals surface area contributed by atoms with Crippen molar-refractivity contribution in [2.45, 2.75) is 31.7 Å². The van der Waals surface area contributed by atoms with Gasteiger partial charge in [0.15, 0.2) is 0 Å². The molecule has 20 heavy (non-hydrogen) atoms. The Labute approximate surface area is 119 Å². The number of amides is 1. The number of aliphatic hydroxyl groups excluding tert-OH is 1. The highest BCUT2D eigenvalue weighted by Crippen LogP contribution is 2.26. The van der Waals surface area contributed by atoms with Gasteiger partial charge in [-0.1, -0.05) is 12.8 Å². The van der Waals surface area contributed by atoms with Crippen LogP contribution in [-0.4, -0.2) is 30.8 Å². The van der Waals surface area contributed by atoms with Crippen LogP contribution in [0.15, 0.2) is 18.2 Å². The van der Waals surface area contributed by atoms with Gasteiger partial charge >= 0.3 is 0 Å². The summed E-state index contributed by atoms with van der Waals surface area (Å²) in [4.78, 5) is 12.4. The van der Waals surface area contributed by atoms with Gasteiger partial charge in [0.1, 0.15) is 5.75 Å². The van der Waals surface area contributed by atoms with E-state index in [1.54, 1.807) is 18.2 Å². The van der Waals surface area contributed by atoms with Gasteiger partial charge in [0.25, 0.3) is 5.91 Å². The van der Waals surface area contributed by atoms with Crippen molar-refractivity contribution in [2.75, 3.05) is 19.5 Å². The van der Waals surface area contributed by atoms with Crippen LogP contribution in [0.2, 0.25) is 0 Å². The molecule has 1 aliphatic rings. The van der Waals surface area contributed by atoms with Gasteiger partial charge in [-0.05, 0) is 25.0 Å². The highest BCUT2D eigenvalue weighted by Gasteiger charge is 2.26. The zero-order valence-electron chi connectivity index (χ0n) is 11.8. The van der Waals surface area contributed by atoms with Crippen molar-refractivity contribution in [1.82, 2.24) is 5.32 Å². The fourth-order valence-corrected chi connectivity index (χ4v) is 2.76. The summed E-state index contributed by atoms with van der Waals surface area (Å²) < 4.78 is 5.20. The Bertz CT molecular complexity index is 476. The number of carbonyl (C=O) groups is 1. The van der Waals surface area contributed by atoms with Crippen LogP contribution >= 0.6 is 0 Å². The Kier molecular flexibility index (Phi) is 4.84. The first-order valence-electron chi connectivity index (χ1n) is 7.01. The van der Waals surface area contributed by atoms with E-state index in [0.717, 1.165) is 25.7 Å². The maximum Gasteiger partial charge on any atom is 0.255 e. The molecular formula is C15H22N2O3. The highest BCUT2D eigenvalue weighted by molar-refractivity contribution is 5.97. The molecule has 1 fully saturated rings. The maximum atomic E-state index is 12.4. The summed E-state index contributed by atoms with van der Waals surface area (Å²) >= 11 is 0. The van der Waals surface area contributed by atoms with Gasteiger partial charge in [-0.25, -0.2) is 0 Å². The normalized spacial score (nSPS) is 22.3. The molecule has 1 saturated carbocycles. The number of aliphatic hydroxyl groups is 1. The second-order valence-electron chi connectivity index (χ2n) is 5.27. The Balaban J connectivity index is 2.11. The number of hydrogen-bond donors (Lipinski definition) is 3. The number of carbonyl (C=O) groups excluding carboxylic acids is 1. The van der Waals surface area contributed by atoms with E-state index in [0.29, 0.717) is 17.0 Å². The minimum atomic E-state index is -0.174. The molecule has 0 aliphatic heterocycles.